The van der Waals surface area contributed by atoms with Crippen LogP contribution in [0, 0.1) is 5.41 Å². The van der Waals surface area contributed by atoms with Gasteiger partial charge >= 0.3 is 6.18 Å². The highest BCUT2D eigenvalue weighted by Gasteiger charge is 2.63. The molecule has 2 nitrogen and oxygen atoms in total. The summed E-state index contributed by atoms with van der Waals surface area (Å²) in [6.07, 6.45) is -4.35. The van der Waals surface area contributed by atoms with E-state index in [1.807, 2.05) is 0 Å². The van der Waals surface area contributed by atoms with Gasteiger partial charge in [0.15, 0.2) is 5.78 Å². The number of carbonyl (C=O) groups excluding carboxylic acids is 1. The van der Waals surface area contributed by atoms with Gasteiger partial charge in [-0.2, -0.15) is 13.2 Å². The smallest absolute Gasteiger partial charge is 0.302 e. The van der Waals surface area contributed by atoms with Crippen LogP contribution in [0.1, 0.15) is 12.8 Å². The average molecular weight is 193 g/mol. The number of hydrogen-bond donors (Lipinski definition) is 0. The normalized spacial score (nSPS) is 39.6. The van der Waals surface area contributed by atoms with Crippen molar-refractivity contribution in [2.24, 2.45) is 5.41 Å². The Morgan fingerprint density at radius 1 is 1.31 bits per heavy atom. The van der Waals surface area contributed by atoms with Crippen molar-refractivity contribution in [1.82, 2.24) is 4.90 Å². The molecule has 74 valence electrons. The van der Waals surface area contributed by atoms with Crippen LogP contribution < -0.4 is 0 Å². The van der Waals surface area contributed by atoms with E-state index in [0.29, 0.717) is 13.1 Å². The minimum absolute atomic E-state index is 0.0463. The van der Waals surface area contributed by atoms with Crippen molar-refractivity contribution < 1.29 is 18.0 Å². The molecule has 2 aliphatic heterocycles. The fraction of sp³-hybridized carbons (Fsp3) is 0.875. The van der Waals surface area contributed by atoms with Crippen molar-refractivity contribution in [2.45, 2.75) is 19.0 Å². The molecule has 0 aromatic heterocycles. The molecular formula is C8H10F3NO. The number of Topliss-reactive ketones (excluding diaryl/α,β-unsaturated/α-hetero) is 1. The Hall–Kier alpha value is -0.580. The molecule has 0 N–H and O–H groups in total. The van der Waals surface area contributed by atoms with E-state index in [0.717, 1.165) is 0 Å². The van der Waals surface area contributed by atoms with Crippen molar-refractivity contribution in [1.29, 1.82) is 0 Å². The summed E-state index contributed by atoms with van der Waals surface area (Å²) in [5.41, 5.74) is -2.02. The largest absolute Gasteiger partial charge is 0.402 e. The van der Waals surface area contributed by atoms with Gasteiger partial charge in [-0.3, -0.25) is 4.79 Å². The molecule has 0 amide bonds. The zero-order valence-corrected chi connectivity index (χ0v) is 7.02. The van der Waals surface area contributed by atoms with E-state index >= 15 is 0 Å². The first kappa shape index (κ1) is 8.99. The summed E-state index contributed by atoms with van der Waals surface area (Å²) in [5, 5.41) is 0. The highest BCUT2D eigenvalue weighted by molar-refractivity contribution is 5.87. The Morgan fingerprint density at radius 2 is 2.00 bits per heavy atom. The van der Waals surface area contributed by atoms with Crippen LogP contribution in [-0.2, 0) is 4.79 Å². The number of rotatable bonds is 0. The Kier molecular flexibility index (Phi) is 1.71. The van der Waals surface area contributed by atoms with Gasteiger partial charge in [-0.05, 0) is 13.0 Å². The van der Waals surface area contributed by atoms with Crippen LogP contribution in [0.25, 0.3) is 0 Å². The van der Waals surface area contributed by atoms with Crippen molar-refractivity contribution in [3.8, 4) is 0 Å². The maximum atomic E-state index is 12.6. The maximum Gasteiger partial charge on any atom is 0.402 e. The second-order valence-corrected chi connectivity index (χ2v) is 3.78. The van der Waals surface area contributed by atoms with E-state index < -0.39 is 17.4 Å². The summed E-state index contributed by atoms with van der Waals surface area (Å²) >= 11 is 0. The molecule has 13 heavy (non-hydrogen) atoms. The third kappa shape index (κ3) is 1.10. The van der Waals surface area contributed by atoms with Crippen LogP contribution in [0.2, 0.25) is 0 Å². The second-order valence-electron chi connectivity index (χ2n) is 3.78. The number of ketones is 1. The lowest BCUT2D eigenvalue weighted by Crippen LogP contribution is -2.50. The number of nitrogens with zero attached hydrogens (tertiary/aromatic N) is 1. The quantitative estimate of drug-likeness (QED) is 0.576. The van der Waals surface area contributed by atoms with Gasteiger partial charge in [0, 0.05) is 19.5 Å². The van der Waals surface area contributed by atoms with Crippen molar-refractivity contribution in [2.75, 3.05) is 19.6 Å². The molecule has 2 unspecified atom stereocenters. The Morgan fingerprint density at radius 3 is 2.54 bits per heavy atom. The molecule has 2 aliphatic rings. The van der Waals surface area contributed by atoms with Crippen molar-refractivity contribution in [3.05, 3.63) is 0 Å². The minimum atomic E-state index is -4.36. The lowest BCUT2D eigenvalue weighted by molar-refractivity contribution is -0.219. The van der Waals surface area contributed by atoms with Gasteiger partial charge in [-0.1, -0.05) is 0 Å². The van der Waals surface area contributed by atoms with Crippen molar-refractivity contribution >= 4 is 5.78 Å². The van der Waals surface area contributed by atoms with E-state index in [-0.39, 0.29) is 19.4 Å². The molecule has 2 rings (SSSR count). The summed E-state index contributed by atoms with van der Waals surface area (Å²) in [4.78, 5) is 13.0. The fourth-order valence-electron chi connectivity index (χ4n) is 2.20. The first-order chi connectivity index (χ1) is 5.96. The van der Waals surface area contributed by atoms with E-state index in [2.05, 4.69) is 0 Å². The fourth-order valence-corrected chi connectivity index (χ4v) is 2.20. The molecule has 2 saturated heterocycles. The molecule has 0 aromatic rings. The summed E-state index contributed by atoms with van der Waals surface area (Å²) < 4.78 is 37.9. The van der Waals surface area contributed by atoms with Crippen LogP contribution in [0.15, 0.2) is 0 Å². The number of halogens is 3. The van der Waals surface area contributed by atoms with Gasteiger partial charge in [0.1, 0.15) is 5.41 Å². The number of fused-ring (bicyclic) bond motifs is 2. The molecule has 2 atom stereocenters. The molecule has 5 heteroatoms. The number of alkyl halides is 3. The predicted octanol–water partition coefficient (Wildman–Crippen LogP) is 1.21. The SMILES string of the molecule is O=C1CCN2CCC1(C(F)(F)F)C2. The first-order valence-electron chi connectivity index (χ1n) is 4.28. The van der Waals surface area contributed by atoms with Crippen LogP contribution >= 0.6 is 0 Å². The number of piperidine rings is 1. The third-order valence-corrected chi connectivity index (χ3v) is 3.08. The van der Waals surface area contributed by atoms with Gasteiger partial charge in [0.25, 0.3) is 0 Å². The van der Waals surface area contributed by atoms with Crippen LogP contribution in [0.4, 0.5) is 13.2 Å². The molecule has 2 fully saturated rings. The highest BCUT2D eigenvalue weighted by atomic mass is 19.4. The average Bonchev–Trinajstić information content (AvgIpc) is 2.38. The van der Waals surface area contributed by atoms with Gasteiger partial charge in [0.05, 0.1) is 0 Å². The lowest BCUT2D eigenvalue weighted by Gasteiger charge is -2.33. The lowest BCUT2D eigenvalue weighted by atomic mass is 9.79. The monoisotopic (exact) mass is 193 g/mol. The standard InChI is InChI=1S/C8H10F3NO/c9-8(10,11)7-2-4-12(5-7)3-1-6(7)13/h1-5H2. The maximum absolute atomic E-state index is 12.6. The van der Waals surface area contributed by atoms with E-state index in [9.17, 15) is 18.0 Å². The number of hydrogen-bond acceptors (Lipinski definition) is 2. The first-order valence-corrected chi connectivity index (χ1v) is 4.28. The summed E-state index contributed by atoms with van der Waals surface area (Å²) in [7, 11) is 0. The van der Waals surface area contributed by atoms with Gasteiger partial charge in [0.2, 0.25) is 0 Å². The van der Waals surface area contributed by atoms with Crippen LogP contribution in [0.3, 0.4) is 0 Å². The highest BCUT2D eigenvalue weighted by Crippen LogP contribution is 2.48. The van der Waals surface area contributed by atoms with Crippen molar-refractivity contribution in [3.63, 3.8) is 0 Å². The second kappa shape index (κ2) is 2.47. The van der Waals surface area contributed by atoms with Crippen LogP contribution in [0.5, 0.6) is 0 Å². The molecule has 0 saturated carbocycles. The topological polar surface area (TPSA) is 20.3 Å². The summed E-state index contributed by atoms with van der Waals surface area (Å²) in [5.74, 6) is -0.617. The molecule has 0 radical (unpaired) electrons. The molecule has 0 aromatic carbocycles. The van der Waals surface area contributed by atoms with E-state index in [1.165, 1.54) is 0 Å². The van der Waals surface area contributed by atoms with Crippen LogP contribution in [-0.4, -0.2) is 36.5 Å². The molecule has 0 spiro atoms. The summed E-state index contributed by atoms with van der Waals surface area (Å²) in [6.45, 7) is 0.789. The number of carbonyl (C=O) groups is 1. The summed E-state index contributed by atoms with van der Waals surface area (Å²) in [6, 6.07) is 0. The van der Waals surface area contributed by atoms with E-state index in [4.69, 9.17) is 0 Å². The Bertz CT molecular complexity index is 250. The third-order valence-electron chi connectivity index (χ3n) is 3.08. The Balaban J connectivity index is 2.34. The van der Waals surface area contributed by atoms with E-state index in [1.54, 1.807) is 4.90 Å². The minimum Gasteiger partial charge on any atom is -0.302 e. The molecule has 2 bridgehead atoms. The predicted molar refractivity (Wildman–Crippen MR) is 39.2 cm³/mol. The van der Waals surface area contributed by atoms with Gasteiger partial charge < -0.3 is 4.90 Å². The Labute approximate surface area is 73.7 Å². The van der Waals surface area contributed by atoms with Gasteiger partial charge in [-0.25, -0.2) is 0 Å². The zero-order valence-electron chi connectivity index (χ0n) is 7.02. The van der Waals surface area contributed by atoms with Gasteiger partial charge in [-0.15, -0.1) is 0 Å². The zero-order chi connectivity index (χ0) is 9.69. The molecule has 0 aliphatic carbocycles. The molecule has 2 heterocycles. The molecular weight excluding hydrogens is 183 g/mol.